The van der Waals surface area contributed by atoms with Gasteiger partial charge in [-0.1, -0.05) is 0 Å². The molecule has 1 fully saturated rings. The smallest absolute Gasteiger partial charge is 0.287 e. The minimum Gasteiger partial charge on any atom is -0.443 e. The first-order chi connectivity index (χ1) is 9.42. The summed E-state index contributed by atoms with van der Waals surface area (Å²) in [5.74, 6) is -1.16. The maximum absolute atomic E-state index is 12.1. The first kappa shape index (κ1) is 16.8. The lowest BCUT2D eigenvalue weighted by molar-refractivity contribution is 0.0885. The molecule has 0 spiro atoms. The topological polar surface area (TPSA) is 111 Å². The Hall–Kier alpha value is -0.580. The van der Waals surface area contributed by atoms with Crippen molar-refractivity contribution in [2.45, 2.75) is 23.8 Å². The minimum absolute atomic E-state index is 0.00701. The first-order valence-electron chi connectivity index (χ1n) is 5.69. The van der Waals surface area contributed by atoms with Gasteiger partial charge in [-0.2, -0.15) is 0 Å². The summed E-state index contributed by atoms with van der Waals surface area (Å²) in [7, 11) is -2.04. The van der Waals surface area contributed by atoms with Gasteiger partial charge < -0.3 is 9.73 Å². The van der Waals surface area contributed by atoms with Crippen molar-refractivity contribution in [3.63, 3.8) is 0 Å². The maximum atomic E-state index is 12.1. The number of furan rings is 1. The monoisotopic (exact) mass is 419 g/mol. The molecule has 0 aromatic carbocycles. The van der Waals surface area contributed by atoms with E-state index in [1.54, 1.807) is 6.92 Å². The van der Waals surface area contributed by atoms with E-state index < -0.39 is 30.3 Å². The third-order valence-electron chi connectivity index (χ3n) is 3.06. The molecule has 1 aliphatic rings. The van der Waals surface area contributed by atoms with Gasteiger partial charge in [0.1, 0.15) is 4.90 Å². The fraction of sp³-hybridized carbons (Fsp3) is 0.500. The second-order valence-corrected chi connectivity index (χ2v) is 10.5. The van der Waals surface area contributed by atoms with Gasteiger partial charge in [0.25, 0.3) is 15.0 Å². The Balaban J connectivity index is 2.23. The summed E-state index contributed by atoms with van der Waals surface area (Å²) in [5, 5.41) is 2.55. The van der Waals surface area contributed by atoms with E-state index in [-0.39, 0.29) is 33.3 Å². The van der Waals surface area contributed by atoms with Gasteiger partial charge in [-0.25, -0.2) is 16.8 Å². The van der Waals surface area contributed by atoms with E-state index in [0.717, 1.165) is 6.07 Å². The molecule has 7 nitrogen and oxygen atoms in total. The predicted octanol–water partition coefficient (Wildman–Crippen LogP) is 1.28. The van der Waals surface area contributed by atoms with Crippen LogP contribution >= 0.6 is 26.6 Å². The summed E-state index contributed by atoms with van der Waals surface area (Å²) in [5.41, 5.74) is -0.908. The molecule has 1 atom stereocenters. The number of carbonyl (C=O) groups excluding carboxylic acids is 1. The number of carbonyl (C=O) groups is 1. The molecule has 0 radical (unpaired) electrons. The Labute approximate surface area is 134 Å². The zero-order valence-corrected chi connectivity index (χ0v) is 14.7. The van der Waals surface area contributed by atoms with E-state index in [2.05, 4.69) is 21.2 Å². The lowest BCUT2D eigenvalue weighted by atomic mass is 10.0. The molecule has 118 valence electrons. The molecule has 1 unspecified atom stereocenters. The van der Waals surface area contributed by atoms with Crippen LogP contribution in [-0.4, -0.2) is 39.8 Å². The van der Waals surface area contributed by atoms with Crippen molar-refractivity contribution >= 4 is 51.4 Å². The summed E-state index contributed by atoms with van der Waals surface area (Å²) in [6, 6.07) is 0.981. The Morgan fingerprint density at radius 1 is 1.52 bits per heavy atom. The van der Waals surface area contributed by atoms with Crippen molar-refractivity contribution in [1.82, 2.24) is 5.32 Å². The molecule has 0 aliphatic carbocycles. The zero-order chi connectivity index (χ0) is 16.1. The van der Waals surface area contributed by atoms with Crippen molar-refractivity contribution in [2.24, 2.45) is 0 Å². The summed E-state index contributed by atoms with van der Waals surface area (Å²) in [6.45, 7) is 1.60. The highest BCUT2D eigenvalue weighted by Crippen LogP contribution is 2.29. The molecule has 1 aliphatic heterocycles. The first-order valence-corrected chi connectivity index (χ1v) is 10.6. The highest BCUT2D eigenvalue weighted by molar-refractivity contribution is 9.10. The second kappa shape index (κ2) is 5.25. The molecule has 11 heteroatoms. The van der Waals surface area contributed by atoms with Gasteiger partial charge in [0, 0.05) is 16.7 Å². The second-order valence-electron chi connectivity index (χ2n) is 5.04. The summed E-state index contributed by atoms with van der Waals surface area (Å²) >= 11 is 2.86. The molecule has 21 heavy (non-hydrogen) atoms. The highest BCUT2D eigenvalue weighted by atomic mass is 79.9. The Morgan fingerprint density at radius 3 is 2.57 bits per heavy atom. The lowest BCUT2D eigenvalue weighted by Gasteiger charge is -2.22. The molecule has 1 saturated heterocycles. The standard InChI is InChI=1S/C10H11BrClNO6S2/c1-10(2-3-20(15,16)5-10)13-9(14)6-4-7(8(11)19-6)21(12,17)18/h4H,2-3,5H2,1H3,(H,13,14). The van der Waals surface area contributed by atoms with E-state index in [0.29, 0.717) is 0 Å². The molecule has 1 amide bonds. The third kappa shape index (κ3) is 3.79. The van der Waals surface area contributed by atoms with Crippen molar-refractivity contribution < 1.29 is 26.0 Å². The van der Waals surface area contributed by atoms with E-state index in [1.807, 2.05) is 0 Å². The lowest BCUT2D eigenvalue weighted by Crippen LogP contribution is -2.46. The van der Waals surface area contributed by atoms with E-state index in [1.165, 1.54) is 0 Å². The molecule has 0 bridgehead atoms. The van der Waals surface area contributed by atoms with Gasteiger partial charge in [0.05, 0.1) is 17.0 Å². The Bertz CT molecular complexity index is 800. The zero-order valence-electron chi connectivity index (χ0n) is 10.7. The average molecular weight is 421 g/mol. The van der Waals surface area contributed by atoms with Gasteiger partial charge in [0.2, 0.25) is 0 Å². The Morgan fingerprint density at radius 2 is 2.14 bits per heavy atom. The van der Waals surface area contributed by atoms with Crippen LogP contribution in [-0.2, 0) is 18.9 Å². The van der Waals surface area contributed by atoms with Crippen LogP contribution in [0.2, 0.25) is 0 Å². The van der Waals surface area contributed by atoms with Crippen LogP contribution in [0.4, 0.5) is 0 Å². The van der Waals surface area contributed by atoms with E-state index in [9.17, 15) is 21.6 Å². The van der Waals surface area contributed by atoms with Crippen molar-refractivity contribution in [2.75, 3.05) is 11.5 Å². The maximum Gasteiger partial charge on any atom is 0.287 e. The molecule has 1 N–H and O–H groups in total. The molecule has 2 rings (SSSR count). The van der Waals surface area contributed by atoms with Crippen molar-refractivity contribution in [1.29, 1.82) is 0 Å². The number of hydrogen-bond acceptors (Lipinski definition) is 6. The molecule has 2 heterocycles. The summed E-state index contributed by atoms with van der Waals surface area (Å²) in [6.07, 6.45) is 0.281. The van der Waals surface area contributed by atoms with Crippen LogP contribution < -0.4 is 5.32 Å². The fourth-order valence-electron chi connectivity index (χ4n) is 2.07. The number of rotatable bonds is 3. The van der Waals surface area contributed by atoms with Crippen LogP contribution in [0, 0.1) is 0 Å². The number of halogens is 2. The van der Waals surface area contributed by atoms with Crippen LogP contribution in [0.1, 0.15) is 23.9 Å². The molecular weight excluding hydrogens is 410 g/mol. The molecule has 1 aromatic rings. The van der Waals surface area contributed by atoms with Gasteiger partial charge in [-0.15, -0.1) is 0 Å². The minimum atomic E-state index is -4.05. The van der Waals surface area contributed by atoms with Crippen molar-refractivity contribution in [3.05, 3.63) is 16.5 Å². The van der Waals surface area contributed by atoms with Gasteiger partial charge in [-0.05, 0) is 29.3 Å². The highest BCUT2D eigenvalue weighted by Gasteiger charge is 2.40. The quantitative estimate of drug-likeness (QED) is 0.737. The molecule has 0 saturated carbocycles. The van der Waals surface area contributed by atoms with Crippen LogP contribution in [0.3, 0.4) is 0 Å². The van der Waals surface area contributed by atoms with Crippen LogP contribution in [0.5, 0.6) is 0 Å². The van der Waals surface area contributed by atoms with E-state index >= 15 is 0 Å². The van der Waals surface area contributed by atoms with Gasteiger partial charge >= 0.3 is 0 Å². The van der Waals surface area contributed by atoms with Crippen molar-refractivity contribution in [3.8, 4) is 0 Å². The molecule has 1 aromatic heterocycles. The number of sulfone groups is 1. The van der Waals surface area contributed by atoms with Gasteiger partial charge in [-0.3, -0.25) is 4.79 Å². The normalized spacial score (nSPS) is 24.9. The Kier molecular flexibility index (Phi) is 4.20. The fourth-order valence-corrected chi connectivity index (χ4v) is 6.20. The van der Waals surface area contributed by atoms with Gasteiger partial charge in [0.15, 0.2) is 20.3 Å². The molecular formula is C10H11BrClNO6S2. The van der Waals surface area contributed by atoms with Crippen LogP contribution in [0.25, 0.3) is 0 Å². The number of nitrogens with one attached hydrogen (secondary N) is 1. The largest absolute Gasteiger partial charge is 0.443 e. The summed E-state index contributed by atoms with van der Waals surface area (Å²) < 4.78 is 50.3. The number of hydrogen-bond donors (Lipinski definition) is 1. The third-order valence-corrected chi connectivity index (χ3v) is 7.14. The average Bonchev–Trinajstić information content (AvgIpc) is 2.79. The van der Waals surface area contributed by atoms with E-state index in [4.69, 9.17) is 15.1 Å². The summed E-state index contributed by atoms with van der Waals surface area (Å²) in [4.78, 5) is 11.7. The number of amides is 1. The van der Waals surface area contributed by atoms with Crippen LogP contribution in [0.15, 0.2) is 20.0 Å². The SMILES string of the molecule is CC1(NC(=O)c2cc(S(=O)(=O)Cl)c(Br)o2)CCS(=O)(=O)C1. The predicted molar refractivity (Wildman–Crippen MR) is 78.6 cm³/mol.